The van der Waals surface area contributed by atoms with Crippen molar-refractivity contribution < 1.29 is 23.0 Å². The zero-order valence-electron chi connectivity index (χ0n) is 8.24. The van der Waals surface area contributed by atoms with Crippen molar-refractivity contribution >= 4 is 13.8 Å². The molecule has 0 heterocycles. The zero-order valence-corrected chi connectivity index (χ0v) is 9.13. The van der Waals surface area contributed by atoms with Gasteiger partial charge in [0.25, 0.3) is 0 Å². The summed E-state index contributed by atoms with van der Waals surface area (Å²) in [6.45, 7) is 3.14. The van der Waals surface area contributed by atoms with Crippen LogP contribution in [0.15, 0.2) is 43.0 Å². The molecule has 0 saturated heterocycles. The Balaban J connectivity index is 2.78. The normalized spacial score (nSPS) is 13.6. The van der Waals surface area contributed by atoms with Crippen molar-refractivity contribution in [1.82, 2.24) is 0 Å². The van der Waals surface area contributed by atoms with Gasteiger partial charge < -0.3 is 9.05 Å². The molecule has 0 aliphatic heterocycles. The Morgan fingerprint density at radius 1 is 1.38 bits per heavy atom. The summed E-state index contributed by atoms with van der Waals surface area (Å²) in [5.41, 5.74) is 0. The van der Waals surface area contributed by atoms with Crippen molar-refractivity contribution in [3.05, 3.63) is 43.0 Å². The van der Waals surface area contributed by atoms with Crippen molar-refractivity contribution in [3.8, 4) is 5.75 Å². The third-order valence-corrected chi connectivity index (χ3v) is 2.55. The van der Waals surface area contributed by atoms with E-state index in [4.69, 9.17) is 10.4 Å². The number of nitrogens with two attached hydrogens (primary N) is 1. The van der Waals surface area contributed by atoms with Crippen LogP contribution in [0.5, 0.6) is 5.75 Å². The SMILES string of the molecule is C=CC(=O)OP(=O)(ON)Oc1ccccc1. The fraction of sp³-hybridized carbons (Fsp3) is 0. The van der Waals surface area contributed by atoms with E-state index < -0.39 is 13.8 Å². The van der Waals surface area contributed by atoms with E-state index in [9.17, 15) is 9.36 Å². The highest BCUT2D eigenvalue weighted by atomic mass is 31.2. The summed E-state index contributed by atoms with van der Waals surface area (Å²) in [6.07, 6.45) is 0.819. The molecular weight excluding hydrogens is 233 g/mol. The van der Waals surface area contributed by atoms with Gasteiger partial charge in [-0.25, -0.2) is 15.3 Å². The molecule has 7 heteroatoms. The summed E-state index contributed by atoms with van der Waals surface area (Å²) in [5.74, 6) is 4.01. The molecule has 0 amide bonds. The van der Waals surface area contributed by atoms with Crippen LogP contribution in [0.3, 0.4) is 0 Å². The largest absolute Gasteiger partial charge is 0.607 e. The van der Waals surface area contributed by atoms with Gasteiger partial charge in [-0.3, -0.25) is 0 Å². The lowest BCUT2D eigenvalue weighted by atomic mass is 10.3. The molecule has 0 radical (unpaired) electrons. The van der Waals surface area contributed by atoms with Crippen LogP contribution in [0.25, 0.3) is 0 Å². The van der Waals surface area contributed by atoms with Crippen molar-refractivity contribution in [3.63, 3.8) is 0 Å². The molecule has 16 heavy (non-hydrogen) atoms. The van der Waals surface area contributed by atoms with Crippen LogP contribution in [-0.4, -0.2) is 5.97 Å². The Bertz CT molecular complexity index is 419. The van der Waals surface area contributed by atoms with Gasteiger partial charge in [-0.05, 0) is 12.1 Å². The van der Waals surface area contributed by atoms with E-state index in [1.165, 1.54) is 12.1 Å². The lowest BCUT2D eigenvalue weighted by Crippen LogP contribution is -2.09. The van der Waals surface area contributed by atoms with Crippen LogP contribution in [0.1, 0.15) is 0 Å². The van der Waals surface area contributed by atoms with E-state index in [0.29, 0.717) is 0 Å². The van der Waals surface area contributed by atoms with E-state index >= 15 is 0 Å². The Morgan fingerprint density at radius 3 is 2.50 bits per heavy atom. The standard InChI is InChI=1S/C9H10NO5P/c1-2-9(11)14-16(12,15-10)13-8-6-4-3-5-7-8/h2-7H,1,10H2. The fourth-order valence-corrected chi connectivity index (χ4v) is 1.62. The second kappa shape index (κ2) is 5.46. The number of phosphoric ester groups is 1. The molecule has 0 bridgehead atoms. The summed E-state index contributed by atoms with van der Waals surface area (Å²) in [5, 5.41) is 0. The number of hydrogen-bond donors (Lipinski definition) is 1. The van der Waals surface area contributed by atoms with E-state index in [1.807, 2.05) is 0 Å². The zero-order chi connectivity index (χ0) is 12.0. The number of carbonyl (C=O) groups excluding carboxylic acids is 1. The number of rotatable bonds is 5. The van der Waals surface area contributed by atoms with Gasteiger partial charge >= 0.3 is 13.8 Å². The summed E-state index contributed by atoms with van der Waals surface area (Å²) < 4.78 is 24.9. The summed E-state index contributed by atoms with van der Waals surface area (Å²) in [6, 6.07) is 8.04. The molecule has 0 saturated carbocycles. The molecule has 0 aromatic heterocycles. The van der Waals surface area contributed by atoms with E-state index in [1.54, 1.807) is 18.2 Å². The highest BCUT2D eigenvalue weighted by molar-refractivity contribution is 7.49. The fourth-order valence-electron chi connectivity index (χ4n) is 0.820. The molecule has 0 fully saturated rings. The molecular formula is C9H10NO5P. The molecule has 1 aromatic rings. The lowest BCUT2D eigenvalue weighted by Gasteiger charge is -2.13. The molecule has 86 valence electrons. The Morgan fingerprint density at radius 2 is 2.00 bits per heavy atom. The minimum atomic E-state index is -4.14. The predicted octanol–water partition coefficient (Wildman–Crippen LogP) is 1.79. The number of para-hydroxylation sites is 1. The van der Waals surface area contributed by atoms with Gasteiger partial charge in [-0.15, -0.1) is 0 Å². The molecule has 2 N–H and O–H groups in total. The van der Waals surface area contributed by atoms with Crippen LogP contribution >= 0.6 is 7.82 Å². The van der Waals surface area contributed by atoms with Gasteiger partial charge in [-0.1, -0.05) is 24.8 Å². The lowest BCUT2D eigenvalue weighted by molar-refractivity contribution is -0.130. The highest BCUT2D eigenvalue weighted by Crippen LogP contribution is 2.47. The van der Waals surface area contributed by atoms with Crippen molar-refractivity contribution in [2.24, 2.45) is 5.90 Å². The summed E-state index contributed by atoms with van der Waals surface area (Å²) >= 11 is 0. The van der Waals surface area contributed by atoms with Crippen LogP contribution in [0.4, 0.5) is 0 Å². The topological polar surface area (TPSA) is 87.9 Å². The highest BCUT2D eigenvalue weighted by Gasteiger charge is 2.31. The molecule has 1 aromatic carbocycles. The number of benzene rings is 1. The van der Waals surface area contributed by atoms with Crippen molar-refractivity contribution in [2.75, 3.05) is 0 Å². The minimum Gasteiger partial charge on any atom is -0.394 e. The first-order valence-corrected chi connectivity index (χ1v) is 5.65. The first-order valence-electron chi connectivity index (χ1n) is 4.19. The number of carbonyl (C=O) groups is 1. The first kappa shape index (κ1) is 12.4. The van der Waals surface area contributed by atoms with E-state index in [0.717, 1.165) is 6.08 Å². The molecule has 0 aliphatic carbocycles. The third kappa shape index (κ3) is 3.51. The Labute approximate surface area is 92.2 Å². The molecule has 1 unspecified atom stereocenters. The van der Waals surface area contributed by atoms with Gasteiger partial charge in [0.2, 0.25) is 0 Å². The third-order valence-electron chi connectivity index (χ3n) is 1.46. The van der Waals surface area contributed by atoms with Gasteiger partial charge in [0.1, 0.15) is 5.75 Å². The second-order valence-electron chi connectivity index (χ2n) is 2.57. The monoisotopic (exact) mass is 243 g/mol. The van der Waals surface area contributed by atoms with Crippen LogP contribution in [0.2, 0.25) is 0 Å². The maximum Gasteiger partial charge on any atom is 0.607 e. The van der Waals surface area contributed by atoms with Crippen molar-refractivity contribution in [1.29, 1.82) is 0 Å². The smallest absolute Gasteiger partial charge is 0.394 e. The number of phosphoric acid groups is 1. The number of hydrogen-bond acceptors (Lipinski definition) is 6. The van der Waals surface area contributed by atoms with Gasteiger partial charge in [0.15, 0.2) is 0 Å². The predicted molar refractivity (Wildman–Crippen MR) is 56.2 cm³/mol. The van der Waals surface area contributed by atoms with Gasteiger partial charge in [-0.2, -0.15) is 4.62 Å². The van der Waals surface area contributed by atoms with Crippen LogP contribution < -0.4 is 10.4 Å². The van der Waals surface area contributed by atoms with Gasteiger partial charge in [0.05, 0.1) is 0 Å². The molecule has 6 nitrogen and oxygen atoms in total. The maximum atomic E-state index is 11.7. The van der Waals surface area contributed by atoms with Crippen LogP contribution in [0, 0.1) is 0 Å². The van der Waals surface area contributed by atoms with E-state index in [-0.39, 0.29) is 5.75 Å². The second-order valence-corrected chi connectivity index (χ2v) is 4.04. The van der Waals surface area contributed by atoms with Crippen LogP contribution in [-0.2, 0) is 18.5 Å². The molecule has 0 spiro atoms. The average Bonchev–Trinajstić information content (AvgIpc) is 2.30. The quantitative estimate of drug-likeness (QED) is 0.482. The molecule has 1 rings (SSSR count). The maximum absolute atomic E-state index is 11.7. The minimum absolute atomic E-state index is 0.202. The average molecular weight is 243 g/mol. The van der Waals surface area contributed by atoms with Crippen molar-refractivity contribution in [2.45, 2.75) is 0 Å². The summed E-state index contributed by atoms with van der Waals surface area (Å²) in [4.78, 5) is 10.8. The summed E-state index contributed by atoms with van der Waals surface area (Å²) in [7, 11) is -4.14. The van der Waals surface area contributed by atoms with E-state index in [2.05, 4.69) is 15.7 Å². The Kier molecular flexibility index (Phi) is 4.25. The van der Waals surface area contributed by atoms with Gasteiger partial charge in [0, 0.05) is 6.08 Å². The molecule has 1 atom stereocenters. The Hall–Kier alpha value is -1.62. The molecule has 0 aliphatic rings. The first-order chi connectivity index (χ1) is 7.59.